The molecular weight excluding hydrogens is 466 g/mol. The number of likely N-dealkylation sites (tertiary alicyclic amines) is 2. The van der Waals surface area contributed by atoms with Gasteiger partial charge in [0.2, 0.25) is 5.91 Å². The third-order valence-electron chi connectivity index (χ3n) is 7.44. The topological polar surface area (TPSA) is 108 Å². The maximum absolute atomic E-state index is 13.5. The first-order chi connectivity index (χ1) is 17.0. The van der Waals surface area contributed by atoms with E-state index in [1.54, 1.807) is 0 Å². The Bertz CT molecular complexity index is 1090. The maximum atomic E-state index is 13.5. The number of amides is 4. The maximum Gasteiger partial charge on any atom is 0.317 e. The number of thiophene rings is 1. The summed E-state index contributed by atoms with van der Waals surface area (Å²) in [6.07, 6.45) is 3.74. The lowest BCUT2D eigenvalue weighted by atomic mass is 9.92. The zero-order valence-corrected chi connectivity index (χ0v) is 20.7. The summed E-state index contributed by atoms with van der Waals surface area (Å²) in [4.78, 5) is 44.4. The number of fused-ring (bicyclic) bond motifs is 1. The van der Waals surface area contributed by atoms with Crippen molar-refractivity contribution in [2.75, 3.05) is 57.8 Å². The second kappa shape index (κ2) is 10.5. The molecule has 5 rings (SSSR count). The minimum atomic E-state index is -0.671. The second-order valence-corrected chi connectivity index (χ2v) is 10.6. The van der Waals surface area contributed by atoms with Gasteiger partial charge >= 0.3 is 6.03 Å². The Morgan fingerprint density at radius 2 is 1.71 bits per heavy atom. The number of hydrogen-bond donors (Lipinski definition) is 2. The minimum Gasteiger partial charge on any atom is -0.378 e. The Hall–Kier alpha value is -2.69. The van der Waals surface area contributed by atoms with Crippen LogP contribution in [-0.4, -0.2) is 91.1 Å². The van der Waals surface area contributed by atoms with Crippen molar-refractivity contribution in [1.29, 1.82) is 0 Å². The van der Waals surface area contributed by atoms with Crippen LogP contribution in [0.25, 0.3) is 10.1 Å². The summed E-state index contributed by atoms with van der Waals surface area (Å²) >= 11 is 1.37. The highest BCUT2D eigenvalue weighted by atomic mass is 32.1. The van der Waals surface area contributed by atoms with Crippen molar-refractivity contribution >= 4 is 44.3 Å². The monoisotopic (exact) mass is 499 g/mol. The average molecular weight is 500 g/mol. The van der Waals surface area contributed by atoms with Crippen LogP contribution in [0.5, 0.6) is 0 Å². The van der Waals surface area contributed by atoms with Crippen LogP contribution < -0.4 is 11.1 Å². The first-order valence-electron chi connectivity index (χ1n) is 12.5. The van der Waals surface area contributed by atoms with E-state index < -0.39 is 6.03 Å². The third kappa shape index (κ3) is 5.14. The molecule has 0 radical (unpaired) electrons. The molecule has 1 aromatic carbocycles. The molecule has 0 bridgehead atoms. The summed E-state index contributed by atoms with van der Waals surface area (Å²) < 4.78 is 6.34. The number of morpholine rings is 1. The van der Waals surface area contributed by atoms with Crippen molar-refractivity contribution in [3.63, 3.8) is 0 Å². The lowest BCUT2D eigenvalue weighted by molar-refractivity contribution is -0.141. The Morgan fingerprint density at radius 3 is 2.46 bits per heavy atom. The molecule has 9 nitrogen and oxygen atoms in total. The van der Waals surface area contributed by atoms with Crippen LogP contribution in [0.2, 0.25) is 0 Å². The van der Waals surface area contributed by atoms with E-state index in [1.165, 1.54) is 11.3 Å². The molecule has 2 aromatic rings. The van der Waals surface area contributed by atoms with E-state index in [4.69, 9.17) is 10.5 Å². The highest BCUT2D eigenvalue weighted by Crippen LogP contribution is 2.37. The van der Waals surface area contributed by atoms with Gasteiger partial charge in [-0.2, -0.15) is 0 Å². The number of nitrogens with zero attached hydrogens (tertiary/aromatic N) is 3. The number of piperidine rings is 2. The second-order valence-electron chi connectivity index (χ2n) is 9.59. The predicted molar refractivity (Wildman–Crippen MR) is 136 cm³/mol. The number of nitrogens with one attached hydrogen (secondary N) is 1. The van der Waals surface area contributed by atoms with Gasteiger partial charge in [-0.25, -0.2) is 4.79 Å². The fourth-order valence-corrected chi connectivity index (χ4v) is 6.73. The molecule has 188 valence electrons. The van der Waals surface area contributed by atoms with E-state index in [0.717, 1.165) is 48.9 Å². The van der Waals surface area contributed by atoms with Gasteiger partial charge in [-0.1, -0.05) is 18.2 Å². The van der Waals surface area contributed by atoms with Crippen molar-refractivity contribution in [2.45, 2.75) is 31.7 Å². The zero-order chi connectivity index (χ0) is 24.4. The van der Waals surface area contributed by atoms with Gasteiger partial charge in [0.15, 0.2) is 0 Å². The summed E-state index contributed by atoms with van der Waals surface area (Å²) in [7, 11) is 0. The molecule has 1 atom stereocenters. The number of ether oxygens (including phenoxy) is 1. The number of benzene rings is 1. The van der Waals surface area contributed by atoms with Gasteiger partial charge in [-0.3, -0.25) is 19.8 Å². The summed E-state index contributed by atoms with van der Waals surface area (Å²) in [6, 6.07) is 7.38. The molecule has 10 heteroatoms. The highest BCUT2D eigenvalue weighted by Gasteiger charge is 2.35. The van der Waals surface area contributed by atoms with Gasteiger partial charge in [0.05, 0.1) is 24.7 Å². The molecule has 3 N–H and O–H groups in total. The summed E-state index contributed by atoms with van der Waals surface area (Å²) in [6.45, 7) is 5.77. The molecular formula is C25H33N5O4S. The normalized spacial score (nSPS) is 22.3. The highest BCUT2D eigenvalue weighted by molar-refractivity contribution is 7.23. The standard InChI is InChI=1S/C25H33N5O4S/c26-25(33)27-22-21(19-5-1-2-6-20(19)35-22)24(32)28-10-7-18(8-11-28)30-9-3-4-17(16-30)23(31)29-12-14-34-15-13-29/h1-2,5-6,17-18H,3-4,7-16H2,(H3,26,27,33). The van der Waals surface area contributed by atoms with Crippen molar-refractivity contribution in [3.8, 4) is 0 Å². The van der Waals surface area contributed by atoms with Crippen LogP contribution in [0.1, 0.15) is 36.0 Å². The molecule has 35 heavy (non-hydrogen) atoms. The zero-order valence-electron chi connectivity index (χ0n) is 19.9. The van der Waals surface area contributed by atoms with E-state index in [2.05, 4.69) is 10.2 Å². The third-order valence-corrected chi connectivity index (χ3v) is 8.53. The number of urea groups is 1. The van der Waals surface area contributed by atoms with Crippen molar-refractivity contribution in [1.82, 2.24) is 14.7 Å². The van der Waals surface area contributed by atoms with E-state index >= 15 is 0 Å². The lowest BCUT2D eigenvalue weighted by Gasteiger charge is -2.43. The lowest BCUT2D eigenvalue weighted by Crippen LogP contribution is -2.53. The fraction of sp³-hybridized carbons (Fsp3) is 0.560. The number of anilines is 1. The first kappa shape index (κ1) is 24.0. The van der Waals surface area contributed by atoms with Gasteiger partial charge in [-0.15, -0.1) is 11.3 Å². The molecule has 0 spiro atoms. The van der Waals surface area contributed by atoms with Gasteiger partial charge in [0.25, 0.3) is 5.91 Å². The van der Waals surface area contributed by atoms with Crippen LogP contribution in [0.15, 0.2) is 24.3 Å². The van der Waals surface area contributed by atoms with Crippen LogP contribution in [0.3, 0.4) is 0 Å². The van der Waals surface area contributed by atoms with Gasteiger partial charge in [-0.05, 0) is 38.3 Å². The number of primary amides is 1. The number of carbonyl (C=O) groups excluding carboxylic acids is 3. The molecule has 1 aromatic heterocycles. The largest absolute Gasteiger partial charge is 0.378 e. The van der Waals surface area contributed by atoms with E-state index in [0.29, 0.717) is 56.0 Å². The Labute approximate surface area is 209 Å². The number of rotatable bonds is 4. The molecule has 3 saturated heterocycles. The predicted octanol–water partition coefficient (Wildman–Crippen LogP) is 2.57. The van der Waals surface area contributed by atoms with Crippen LogP contribution in [0.4, 0.5) is 9.80 Å². The van der Waals surface area contributed by atoms with Crippen molar-refractivity contribution in [2.24, 2.45) is 11.7 Å². The summed E-state index contributed by atoms with van der Waals surface area (Å²) in [5.41, 5.74) is 5.89. The van der Waals surface area contributed by atoms with Crippen molar-refractivity contribution in [3.05, 3.63) is 29.8 Å². The Kier molecular flexibility index (Phi) is 7.22. The molecule has 4 amide bonds. The molecule has 0 saturated carbocycles. The van der Waals surface area contributed by atoms with Gasteiger partial charge < -0.3 is 20.3 Å². The van der Waals surface area contributed by atoms with E-state index in [1.807, 2.05) is 34.1 Å². The number of hydrogen-bond acceptors (Lipinski definition) is 6. The van der Waals surface area contributed by atoms with Gasteiger partial charge in [0.1, 0.15) is 5.00 Å². The van der Waals surface area contributed by atoms with Crippen molar-refractivity contribution < 1.29 is 19.1 Å². The molecule has 1 unspecified atom stereocenters. The van der Waals surface area contributed by atoms with Crippen LogP contribution in [0, 0.1) is 5.92 Å². The smallest absolute Gasteiger partial charge is 0.317 e. The molecule has 0 aliphatic carbocycles. The SMILES string of the molecule is NC(=O)Nc1sc2ccccc2c1C(=O)N1CCC(N2CCCC(C(=O)N3CCOCC3)C2)CC1. The Balaban J connectivity index is 1.22. The van der Waals surface area contributed by atoms with E-state index in [-0.39, 0.29) is 17.7 Å². The number of nitrogens with two attached hydrogens (primary N) is 1. The van der Waals surface area contributed by atoms with Gasteiger partial charge in [0, 0.05) is 48.9 Å². The summed E-state index contributed by atoms with van der Waals surface area (Å²) in [5.74, 6) is 0.259. The Morgan fingerprint density at radius 1 is 0.971 bits per heavy atom. The molecule has 3 aliphatic rings. The fourth-order valence-electron chi connectivity index (χ4n) is 5.63. The molecule has 3 aliphatic heterocycles. The minimum absolute atomic E-state index is 0.0566. The average Bonchev–Trinajstić information content (AvgIpc) is 3.25. The summed E-state index contributed by atoms with van der Waals surface area (Å²) in [5, 5.41) is 3.99. The quantitative estimate of drug-likeness (QED) is 0.672. The molecule has 3 fully saturated rings. The molecule has 4 heterocycles. The first-order valence-corrected chi connectivity index (χ1v) is 13.3. The number of carbonyl (C=O) groups is 3. The van der Waals surface area contributed by atoms with Crippen LogP contribution in [-0.2, 0) is 9.53 Å². The van der Waals surface area contributed by atoms with Crippen LogP contribution >= 0.6 is 11.3 Å². The van der Waals surface area contributed by atoms with E-state index in [9.17, 15) is 14.4 Å².